The van der Waals surface area contributed by atoms with Gasteiger partial charge in [0.05, 0.1) is 20.9 Å². The van der Waals surface area contributed by atoms with Crippen LogP contribution in [-0.2, 0) is 4.79 Å². The van der Waals surface area contributed by atoms with Crippen LogP contribution in [0.2, 0.25) is 0 Å². The van der Waals surface area contributed by atoms with Gasteiger partial charge in [-0.25, -0.2) is 10.4 Å². The summed E-state index contributed by atoms with van der Waals surface area (Å²) in [5.74, 6) is -0.147. The fourth-order valence-electron chi connectivity index (χ4n) is 3.89. The largest absolute Gasteiger partial charge is 0.481 e. The summed E-state index contributed by atoms with van der Waals surface area (Å²) in [7, 11) is 0. The lowest BCUT2D eigenvalue weighted by Crippen LogP contribution is -2.20. The maximum Gasteiger partial charge on any atom is 0.271 e. The van der Waals surface area contributed by atoms with Gasteiger partial charge < -0.3 is 15.4 Å². The summed E-state index contributed by atoms with van der Waals surface area (Å²) < 4.78 is 6.95. The molecule has 1 aromatic heterocycles. The van der Waals surface area contributed by atoms with Crippen LogP contribution >= 0.6 is 43.2 Å². The third kappa shape index (κ3) is 8.38. The molecule has 3 N–H and O–H groups in total. The Balaban J connectivity index is 1.14. The first-order chi connectivity index (χ1) is 20.8. The number of halogens is 2. The Morgan fingerprint density at radius 1 is 0.930 bits per heavy atom. The van der Waals surface area contributed by atoms with Gasteiger partial charge in [0.15, 0.2) is 11.7 Å². The number of carbonyl (C=O) groups excluding carboxylic acids is 2. The number of ether oxygens (including phenoxy) is 1. The summed E-state index contributed by atoms with van der Waals surface area (Å²) in [4.78, 5) is 29.5. The number of nitrogens with one attached hydrogen (secondary N) is 3. The Labute approximate surface area is 269 Å². The number of hydrogen-bond acceptors (Lipinski definition) is 7. The molecule has 0 radical (unpaired) electrons. The number of hydrogen-bond donors (Lipinski definition) is 3. The number of nitrogens with zero attached hydrogens (tertiary/aromatic N) is 2. The van der Waals surface area contributed by atoms with Gasteiger partial charge in [-0.3, -0.25) is 9.59 Å². The minimum Gasteiger partial charge on any atom is -0.481 e. The van der Waals surface area contributed by atoms with E-state index in [1.54, 1.807) is 36.4 Å². The molecule has 5 aromatic rings. The minimum atomic E-state index is -0.342. The molecule has 0 unspecified atom stereocenters. The molecule has 0 aliphatic heterocycles. The molecule has 0 saturated heterocycles. The zero-order chi connectivity index (χ0) is 30.2. The van der Waals surface area contributed by atoms with Crippen LogP contribution in [0.3, 0.4) is 0 Å². The molecule has 11 heteroatoms. The van der Waals surface area contributed by atoms with E-state index >= 15 is 0 Å². The van der Waals surface area contributed by atoms with Crippen molar-refractivity contribution in [1.29, 1.82) is 0 Å². The number of aryl methyl sites for hydroxylation is 1. The number of benzene rings is 4. The molecule has 2 amide bonds. The summed E-state index contributed by atoms with van der Waals surface area (Å²) in [6.45, 7) is 1.89. The number of hydrazone groups is 1. The van der Waals surface area contributed by atoms with E-state index in [-0.39, 0.29) is 18.4 Å². The predicted octanol–water partition coefficient (Wildman–Crippen LogP) is 8.17. The Kier molecular flexibility index (Phi) is 9.98. The summed E-state index contributed by atoms with van der Waals surface area (Å²) in [5, 5.41) is 12.9. The van der Waals surface area contributed by atoms with Crippen molar-refractivity contribution in [1.82, 2.24) is 10.4 Å². The lowest BCUT2D eigenvalue weighted by atomic mass is 10.1. The number of para-hydroxylation sites is 1. The van der Waals surface area contributed by atoms with E-state index in [0.29, 0.717) is 31.5 Å². The highest BCUT2D eigenvalue weighted by Crippen LogP contribution is 2.34. The average molecular weight is 719 g/mol. The van der Waals surface area contributed by atoms with Gasteiger partial charge in [0.1, 0.15) is 5.75 Å². The van der Waals surface area contributed by atoms with E-state index in [9.17, 15) is 9.59 Å². The van der Waals surface area contributed by atoms with Crippen molar-refractivity contribution in [2.75, 3.05) is 17.2 Å². The molecule has 5 rings (SSSR count). The Morgan fingerprint density at radius 2 is 1.63 bits per heavy atom. The van der Waals surface area contributed by atoms with Crippen LogP contribution in [0.1, 0.15) is 21.5 Å². The highest BCUT2D eigenvalue weighted by Gasteiger charge is 2.12. The van der Waals surface area contributed by atoms with Crippen molar-refractivity contribution >= 4 is 77.7 Å². The van der Waals surface area contributed by atoms with Gasteiger partial charge in [-0.05, 0) is 92.9 Å². The smallest absolute Gasteiger partial charge is 0.271 e. The lowest BCUT2D eigenvalue weighted by Gasteiger charge is -2.11. The summed E-state index contributed by atoms with van der Waals surface area (Å²) in [5.41, 5.74) is 8.32. The maximum atomic E-state index is 12.7. The standard InChI is InChI=1S/C32H25Br2N5O3S/c1-20-7-13-25(14-8-20)37-32-38-28(19-43-32)22-9-11-23(12-10-22)31(41)39-35-17-21-15-26(33)30(27(34)16-21)42-18-29(40)36-24-5-3-2-4-6-24/h2-17,19H,18H2,1H3,(H,36,40)(H,37,38)(H,39,41)/b35-17+. The molecule has 0 saturated carbocycles. The van der Waals surface area contributed by atoms with Gasteiger partial charge in [0.2, 0.25) is 0 Å². The SMILES string of the molecule is Cc1ccc(Nc2nc(-c3ccc(C(=O)N/N=C/c4cc(Br)c(OCC(=O)Nc5ccccc5)c(Br)c4)cc3)cs2)cc1. The molecule has 0 bridgehead atoms. The first-order valence-electron chi connectivity index (χ1n) is 13.0. The van der Waals surface area contributed by atoms with E-state index in [1.165, 1.54) is 23.1 Å². The molecule has 0 aliphatic rings. The molecule has 0 fully saturated rings. The van der Waals surface area contributed by atoms with Crippen LogP contribution in [-0.4, -0.2) is 29.6 Å². The average Bonchev–Trinajstić information content (AvgIpc) is 3.47. The highest BCUT2D eigenvalue weighted by atomic mass is 79.9. The second-order valence-corrected chi connectivity index (χ2v) is 11.9. The summed E-state index contributed by atoms with van der Waals surface area (Å²) in [6.07, 6.45) is 1.52. The van der Waals surface area contributed by atoms with E-state index in [2.05, 4.69) is 58.0 Å². The van der Waals surface area contributed by atoms with Gasteiger partial charge in [0, 0.05) is 27.9 Å². The molecule has 4 aromatic carbocycles. The molecule has 216 valence electrons. The molecule has 0 aliphatic carbocycles. The Morgan fingerprint density at radius 3 is 2.33 bits per heavy atom. The van der Waals surface area contributed by atoms with Crippen LogP contribution in [0.4, 0.5) is 16.5 Å². The second kappa shape index (κ2) is 14.2. The van der Waals surface area contributed by atoms with Crippen molar-refractivity contribution in [3.05, 3.63) is 122 Å². The lowest BCUT2D eigenvalue weighted by molar-refractivity contribution is -0.118. The minimum absolute atomic E-state index is 0.164. The zero-order valence-corrected chi connectivity index (χ0v) is 26.8. The molecule has 43 heavy (non-hydrogen) atoms. The summed E-state index contributed by atoms with van der Waals surface area (Å²) >= 11 is 8.47. The number of anilines is 3. The molecule has 1 heterocycles. The van der Waals surface area contributed by atoms with Gasteiger partial charge in [0.25, 0.3) is 11.8 Å². The maximum absolute atomic E-state index is 12.7. The van der Waals surface area contributed by atoms with E-state index < -0.39 is 0 Å². The van der Waals surface area contributed by atoms with E-state index in [1.807, 2.05) is 66.9 Å². The third-order valence-corrected chi connectivity index (χ3v) is 7.99. The number of carbonyl (C=O) groups is 2. The third-order valence-electron chi connectivity index (χ3n) is 6.06. The van der Waals surface area contributed by atoms with Gasteiger partial charge in [-0.1, -0.05) is 48.0 Å². The van der Waals surface area contributed by atoms with Crippen molar-refractivity contribution in [3.63, 3.8) is 0 Å². The fourth-order valence-corrected chi connectivity index (χ4v) is 6.09. The normalized spacial score (nSPS) is 10.9. The number of amides is 2. The number of rotatable bonds is 10. The van der Waals surface area contributed by atoms with Crippen molar-refractivity contribution in [2.45, 2.75) is 6.92 Å². The van der Waals surface area contributed by atoms with Gasteiger partial charge in [-0.15, -0.1) is 11.3 Å². The molecular weight excluding hydrogens is 694 g/mol. The monoisotopic (exact) mass is 717 g/mol. The van der Waals surface area contributed by atoms with Crippen LogP contribution < -0.4 is 20.8 Å². The van der Waals surface area contributed by atoms with Crippen molar-refractivity contribution < 1.29 is 14.3 Å². The zero-order valence-electron chi connectivity index (χ0n) is 22.8. The fraction of sp³-hybridized carbons (Fsp3) is 0.0625. The van der Waals surface area contributed by atoms with Crippen molar-refractivity contribution in [3.8, 4) is 17.0 Å². The van der Waals surface area contributed by atoms with E-state index in [4.69, 9.17) is 4.74 Å². The molecule has 0 spiro atoms. The number of aromatic nitrogens is 1. The first kappa shape index (κ1) is 30.1. The second-order valence-electron chi connectivity index (χ2n) is 9.32. The van der Waals surface area contributed by atoms with Crippen LogP contribution in [0.5, 0.6) is 5.75 Å². The summed E-state index contributed by atoms with van der Waals surface area (Å²) in [6, 6.07) is 28.0. The van der Waals surface area contributed by atoms with Crippen LogP contribution in [0, 0.1) is 6.92 Å². The molecule has 8 nitrogen and oxygen atoms in total. The molecular formula is C32H25Br2N5O3S. The van der Waals surface area contributed by atoms with Gasteiger partial charge in [-0.2, -0.15) is 5.10 Å². The van der Waals surface area contributed by atoms with E-state index in [0.717, 1.165) is 22.1 Å². The Hall–Kier alpha value is -4.32. The quantitative estimate of drug-likeness (QED) is 0.0999. The Bertz CT molecular complexity index is 1740. The van der Waals surface area contributed by atoms with Crippen molar-refractivity contribution in [2.24, 2.45) is 5.10 Å². The van der Waals surface area contributed by atoms with Crippen LogP contribution in [0.15, 0.2) is 110 Å². The molecule has 0 atom stereocenters. The topological polar surface area (TPSA) is 105 Å². The van der Waals surface area contributed by atoms with Crippen LogP contribution in [0.25, 0.3) is 11.3 Å². The first-order valence-corrected chi connectivity index (χ1v) is 15.5. The number of thiazole rings is 1. The highest BCUT2D eigenvalue weighted by molar-refractivity contribution is 9.11. The predicted molar refractivity (Wildman–Crippen MR) is 179 cm³/mol. The van der Waals surface area contributed by atoms with Gasteiger partial charge >= 0.3 is 0 Å².